The van der Waals surface area contributed by atoms with Crippen molar-refractivity contribution in [1.82, 2.24) is 14.9 Å². The molecule has 1 fully saturated rings. The Morgan fingerprint density at radius 1 is 1.42 bits per heavy atom. The highest BCUT2D eigenvalue weighted by molar-refractivity contribution is 5.59. The molecule has 3 nitrogen and oxygen atoms in total. The van der Waals surface area contributed by atoms with Crippen LogP contribution in [0.3, 0.4) is 0 Å². The largest absolute Gasteiger partial charge is 0.326 e. The van der Waals surface area contributed by atoms with E-state index in [4.69, 9.17) is 0 Å². The van der Waals surface area contributed by atoms with Crippen molar-refractivity contribution in [3.63, 3.8) is 0 Å². The highest BCUT2D eigenvalue weighted by Crippen LogP contribution is 2.28. The van der Waals surface area contributed by atoms with Gasteiger partial charge in [-0.1, -0.05) is 12.1 Å². The number of rotatable bonds is 2. The summed E-state index contributed by atoms with van der Waals surface area (Å²) in [5, 5.41) is 3.49. The van der Waals surface area contributed by atoms with Gasteiger partial charge in [-0.15, -0.1) is 0 Å². The Morgan fingerprint density at radius 2 is 2.32 bits per heavy atom. The van der Waals surface area contributed by atoms with Crippen LogP contribution in [-0.4, -0.2) is 22.1 Å². The van der Waals surface area contributed by atoms with Gasteiger partial charge in [0.05, 0.1) is 24.3 Å². The zero-order valence-corrected chi connectivity index (χ0v) is 11.0. The minimum absolute atomic E-state index is 0.208. The first-order valence-electron chi connectivity index (χ1n) is 6.77. The molecular weight excluding hydrogens is 241 g/mol. The molecule has 19 heavy (non-hydrogen) atoms. The molecule has 1 aliphatic rings. The quantitative estimate of drug-likeness (QED) is 0.898. The fourth-order valence-electron chi connectivity index (χ4n) is 2.85. The van der Waals surface area contributed by atoms with E-state index in [2.05, 4.69) is 21.8 Å². The van der Waals surface area contributed by atoms with Crippen LogP contribution in [0.5, 0.6) is 0 Å². The van der Waals surface area contributed by atoms with Gasteiger partial charge in [0.25, 0.3) is 0 Å². The lowest BCUT2D eigenvalue weighted by molar-refractivity contribution is 0.297. The lowest BCUT2D eigenvalue weighted by atomic mass is 9.99. The summed E-state index contributed by atoms with van der Waals surface area (Å²) in [6.07, 6.45) is 5.97. The van der Waals surface area contributed by atoms with E-state index in [-0.39, 0.29) is 5.82 Å². The van der Waals surface area contributed by atoms with Gasteiger partial charge in [-0.2, -0.15) is 0 Å². The molecule has 1 aromatic heterocycles. The van der Waals surface area contributed by atoms with Crippen LogP contribution >= 0.6 is 0 Å². The number of piperidine rings is 1. The molecule has 0 aliphatic carbocycles. The maximum atomic E-state index is 13.4. The fraction of sp³-hybridized carbons (Fsp3) is 0.400. The van der Waals surface area contributed by atoms with Crippen molar-refractivity contribution in [2.24, 2.45) is 0 Å². The predicted octanol–water partition coefficient (Wildman–Crippen LogP) is 3.00. The van der Waals surface area contributed by atoms with Gasteiger partial charge in [0, 0.05) is 11.6 Å². The van der Waals surface area contributed by atoms with Gasteiger partial charge in [0.15, 0.2) is 0 Å². The SMILES string of the molecule is CC1NCCCC1n1cncc1-c1cccc(F)c1. The molecule has 2 aromatic rings. The Kier molecular flexibility index (Phi) is 3.34. The topological polar surface area (TPSA) is 29.9 Å². The molecule has 1 saturated heterocycles. The Morgan fingerprint density at radius 3 is 3.11 bits per heavy atom. The van der Waals surface area contributed by atoms with E-state index in [0.717, 1.165) is 30.6 Å². The van der Waals surface area contributed by atoms with E-state index in [1.54, 1.807) is 12.1 Å². The van der Waals surface area contributed by atoms with Crippen LogP contribution in [0.25, 0.3) is 11.3 Å². The minimum atomic E-state index is -0.208. The molecule has 100 valence electrons. The van der Waals surface area contributed by atoms with Gasteiger partial charge < -0.3 is 9.88 Å². The molecule has 2 heterocycles. The smallest absolute Gasteiger partial charge is 0.123 e. The van der Waals surface area contributed by atoms with Gasteiger partial charge in [-0.05, 0) is 38.4 Å². The number of nitrogens with zero attached hydrogens (tertiary/aromatic N) is 2. The maximum Gasteiger partial charge on any atom is 0.123 e. The molecular formula is C15H18FN3. The van der Waals surface area contributed by atoms with Crippen molar-refractivity contribution in [3.8, 4) is 11.3 Å². The molecule has 3 rings (SSSR count). The third-order valence-electron chi connectivity index (χ3n) is 3.86. The highest BCUT2D eigenvalue weighted by atomic mass is 19.1. The number of hydrogen-bond donors (Lipinski definition) is 1. The van der Waals surface area contributed by atoms with E-state index in [9.17, 15) is 4.39 Å². The highest BCUT2D eigenvalue weighted by Gasteiger charge is 2.24. The first kappa shape index (κ1) is 12.4. The molecule has 0 spiro atoms. The molecule has 1 aliphatic heterocycles. The molecule has 0 bridgehead atoms. The standard InChI is InChI=1S/C15H18FN3/c1-11-14(6-3-7-18-11)19-10-17-9-15(19)12-4-2-5-13(16)8-12/h2,4-5,8-11,14,18H,3,6-7H2,1H3. The number of halogens is 1. The first-order chi connectivity index (χ1) is 9.25. The van der Waals surface area contributed by atoms with Crippen LogP contribution < -0.4 is 5.32 Å². The second-order valence-corrected chi connectivity index (χ2v) is 5.15. The molecule has 0 amide bonds. The first-order valence-corrected chi connectivity index (χ1v) is 6.77. The van der Waals surface area contributed by atoms with E-state index < -0.39 is 0 Å². The fourth-order valence-corrected chi connectivity index (χ4v) is 2.85. The Balaban J connectivity index is 1.98. The predicted molar refractivity (Wildman–Crippen MR) is 73.4 cm³/mol. The van der Waals surface area contributed by atoms with Crippen LogP contribution in [-0.2, 0) is 0 Å². The van der Waals surface area contributed by atoms with Gasteiger partial charge in [0.2, 0.25) is 0 Å². The van der Waals surface area contributed by atoms with Crippen molar-refractivity contribution in [2.45, 2.75) is 31.8 Å². The van der Waals surface area contributed by atoms with Crippen LogP contribution in [0.4, 0.5) is 4.39 Å². The van der Waals surface area contributed by atoms with Crippen LogP contribution in [0, 0.1) is 5.82 Å². The molecule has 0 radical (unpaired) electrons. The number of benzene rings is 1. The Hall–Kier alpha value is -1.68. The van der Waals surface area contributed by atoms with E-state index in [1.165, 1.54) is 6.07 Å². The zero-order chi connectivity index (χ0) is 13.2. The lowest BCUT2D eigenvalue weighted by Gasteiger charge is -2.32. The zero-order valence-electron chi connectivity index (χ0n) is 11.0. The summed E-state index contributed by atoms with van der Waals surface area (Å²) >= 11 is 0. The summed E-state index contributed by atoms with van der Waals surface area (Å²) in [6, 6.07) is 7.50. The van der Waals surface area contributed by atoms with Crippen molar-refractivity contribution in [3.05, 3.63) is 42.6 Å². The average molecular weight is 259 g/mol. The van der Waals surface area contributed by atoms with Crippen LogP contribution in [0.15, 0.2) is 36.8 Å². The van der Waals surface area contributed by atoms with Gasteiger partial charge in [0.1, 0.15) is 5.82 Å². The summed E-state index contributed by atoms with van der Waals surface area (Å²) in [4.78, 5) is 4.25. The van der Waals surface area contributed by atoms with Crippen molar-refractivity contribution < 1.29 is 4.39 Å². The lowest BCUT2D eigenvalue weighted by Crippen LogP contribution is -2.40. The molecule has 0 saturated carbocycles. The minimum Gasteiger partial charge on any atom is -0.326 e. The number of hydrogen-bond acceptors (Lipinski definition) is 2. The van der Waals surface area contributed by atoms with Crippen molar-refractivity contribution in [1.29, 1.82) is 0 Å². The van der Waals surface area contributed by atoms with E-state index in [1.807, 2.05) is 18.6 Å². The summed E-state index contributed by atoms with van der Waals surface area (Å²) in [5.74, 6) is -0.208. The second-order valence-electron chi connectivity index (χ2n) is 5.15. The monoisotopic (exact) mass is 259 g/mol. The summed E-state index contributed by atoms with van der Waals surface area (Å²) < 4.78 is 15.5. The van der Waals surface area contributed by atoms with Gasteiger partial charge in [-0.3, -0.25) is 0 Å². The maximum absolute atomic E-state index is 13.4. The van der Waals surface area contributed by atoms with E-state index >= 15 is 0 Å². The summed E-state index contributed by atoms with van der Waals surface area (Å²) in [5.41, 5.74) is 1.87. The Bertz CT molecular complexity index is 564. The molecule has 2 unspecified atom stereocenters. The third kappa shape index (κ3) is 2.40. The number of nitrogens with one attached hydrogen (secondary N) is 1. The third-order valence-corrected chi connectivity index (χ3v) is 3.86. The van der Waals surface area contributed by atoms with Crippen LogP contribution in [0.1, 0.15) is 25.8 Å². The van der Waals surface area contributed by atoms with Gasteiger partial charge in [-0.25, -0.2) is 9.37 Å². The van der Waals surface area contributed by atoms with Crippen LogP contribution in [0.2, 0.25) is 0 Å². The summed E-state index contributed by atoms with van der Waals surface area (Å²) in [6.45, 7) is 3.26. The van der Waals surface area contributed by atoms with E-state index in [0.29, 0.717) is 12.1 Å². The normalized spacial score (nSPS) is 23.5. The van der Waals surface area contributed by atoms with Crippen molar-refractivity contribution >= 4 is 0 Å². The average Bonchev–Trinajstić information content (AvgIpc) is 2.88. The number of imidazole rings is 1. The Labute approximate surface area is 112 Å². The second kappa shape index (κ2) is 5.13. The summed E-state index contributed by atoms with van der Waals surface area (Å²) in [7, 11) is 0. The molecule has 1 aromatic carbocycles. The molecule has 2 atom stereocenters. The molecule has 1 N–H and O–H groups in total. The van der Waals surface area contributed by atoms with Crippen molar-refractivity contribution in [2.75, 3.05) is 6.54 Å². The van der Waals surface area contributed by atoms with Gasteiger partial charge >= 0.3 is 0 Å². The molecule has 4 heteroatoms. The number of aromatic nitrogens is 2.